The number of imide groups is 1. The van der Waals surface area contributed by atoms with Crippen LogP contribution in [-0.2, 0) is 9.53 Å². The van der Waals surface area contributed by atoms with E-state index in [1.807, 2.05) is 20.8 Å². The van der Waals surface area contributed by atoms with Crippen LogP contribution in [0.2, 0.25) is 0 Å². The SMILES string of the molecule is CC(C)(C)OC(=O)N1C(=O)CCC2CC21. The molecule has 2 unspecified atom stereocenters. The van der Waals surface area contributed by atoms with Gasteiger partial charge < -0.3 is 4.74 Å². The van der Waals surface area contributed by atoms with Crippen molar-refractivity contribution in [3.05, 3.63) is 0 Å². The number of ether oxygens (including phenoxy) is 1. The number of likely N-dealkylation sites (tertiary alicyclic amines) is 1. The lowest BCUT2D eigenvalue weighted by Gasteiger charge is -2.28. The highest BCUT2D eigenvalue weighted by molar-refractivity contribution is 5.93. The van der Waals surface area contributed by atoms with E-state index in [-0.39, 0.29) is 11.9 Å². The summed E-state index contributed by atoms with van der Waals surface area (Å²) >= 11 is 0. The van der Waals surface area contributed by atoms with Crippen molar-refractivity contribution >= 4 is 12.0 Å². The number of amides is 2. The van der Waals surface area contributed by atoms with Gasteiger partial charge in [-0.2, -0.15) is 0 Å². The van der Waals surface area contributed by atoms with E-state index in [1.54, 1.807) is 0 Å². The number of carbonyl (C=O) groups is 2. The Morgan fingerprint density at radius 1 is 1.47 bits per heavy atom. The first-order chi connectivity index (χ1) is 6.88. The van der Waals surface area contributed by atoms with Crippen molar-refractivity contribution in [3.63, 3.8) is 0 Å². The van der Waals surface area contributed by atoms with E-state index in [0.29, 0.717) is 12.3 Å². The Kier molecular flexibility index (Phi) is 2.24. The summed E-state index contributed by atoms with van der Waals surface area (Å²) in [5.74, 6) is 0.457. The first-order valence-electron chi connectivity index (χ1n) is 5.43. The Hall–Kier alpha value is -1.06. The van der Waals surface area contributed by atoms with Crippen LogP contribution >= 0.6 is 0 Å². The molecular formula is C11H17NO3. The van der Waals surface area contributed by atoms with Gasteiger partial charge in [-0.25, -0.2) is 9.69 Å². The number of carbonyl (C=O) groups excluding carboxylic acids is 2. The van der Waals surface area contributed by atoms with Crippen molar-refractivity contribution in [2.24, 2.45) is 5.92 Å². The second-order valence-corrected chi connectivity index (χ2v) is 5.35. The molecule has 2 fully saturated rings. The Bertz CT molecular complexity index is 305. The minimum atomic E-state index is -0.529. The van der Waals surface area contributed by atoms with Crippen LogP contribution in [0.4, 0.5) is 4.79 Å². The third-order valence-corrected chi connectivity index (χ3v) is 2.80. The monoisotopic (exact) mass is 211 g/mol. The summed E-state index contributed by atoms with van der Waals surface area (Å²) < 4.78 is 5.21. The Morgan fingerprint density at radius 2 is 2.13 bits per heavy atom. The van der Waals surface area contributed by atoms with Gasteiger partial charge in [-0.3, -0.25) is 4.79 Å². The fraction of sp³-hybridized carbons (Fsp3) is 0.818. The van der Waals surface area contributed by atoms with Gasteiger partial charge in [0.15, 0.2) is 0 Å². The van der Waals surface area contributed by atoms with E-state index in [4.69, 9.17) is 4.74 Å². The molecule has 2 rings (SSSR count). The summed E-state index contributed by atoms with van der Waals surface area (Å²) in [6.45, 7) is 5.43. The van der Waals surface area contributed by atoms with Crippen molar-refractivity contribution in [2.75, 3.05) is 0 Å². The summed E-state index contributed by atoms with van der Waals surface area (Å²) in [7, 11) is 0. The number of piperidine rings is 1. The zero-order chi connectivity index (χ0) is 11.2. The summed E-state index contributed by atoms with van der Waals surface area (Å²) in [6, 6.07) is 0.126. The molecule has 2 aliphatic rings. The largest absolute Gasteiger partial charge is 0.443 e. The van der Waals surface area contributed by atoms with E-state index >= 15 is 0 Å². The van der Waals surface area contributed by atoms with Crippen LogP contribution in [0, 0.1) is 5.92 Å². The molecule has 0 aromatic carbocycles. The van der Waals surface area contributed by atoms with Crippen LogP contribution < -0.4 is 0 Å². The molecular weight excluding hydrogens is 194 g/mol. The highest BCUT2D eigenvalue weighted by Gasteiger charge is 2.51. The van der Waals surface area contributed by atoms with Gasteiger partial charge in [-0.15, -0.1) is 0 Å². The average Bonchev–Trinajstić information content (AvgIpc) is 2.78. The summed E-state index contributed by atoms with van der Waals surface area (Å²) in [5.41, 5.74) is -0.529. The van der Waals surface area contributed by atoms with Crippen LogP contribution in [0.1, 0.15) is 40.0 Å². The molecule has 0 aromatic heterocycles. The van der Waals surface area contributed by atoms with Crippen molar-refractivity contribution in [3.8, 4) is 0 Å². The molecule has 1 heterocycles. The molecule has 0 spiro atoms. The fourth-order valence-electron chi connectivity index (χ4n) is 2.02. The first-order valence-corrected chi connectivity index (χ1v) is 5.43. The van der Waals surface area contributed by atoms with Gasteiger partial charge in [0.25, 0.3) is 0 Å². The van der Waals surface area contributed by atoms with Crippen molar-refractivity contribution in [1.82, 2.24) is 4.90 Å². The molecule has 1 aliphatic carbocycles. The topological polar surface area (TPSA) is 46.6 Å². The standard InChI is InChI=1S/C11H17NO3/c1-11(2,3)15-10(14)12-8-6-7(8)4-5-9(12)13/h7-8H,4-6H2,1-3H3. The van der Waals surface area contributed by atoms with E-state index in [9.17, 15) is 9.59 Å². The van der Waals surface area contributed by atoms with Gasteiger partial charge >= 0.3 is 6.09 Å². The van der Waals surface area contributed by atoms with Gasteiger partial charge in [0.1, 0.15) is 5.60 Å². The molecule has 0 N–H and O–H groups in total. The van der Waals surface area contributed by atoms with Gasteiger partial charge in [-0.1, -0.05) is 0 Å². The molecule has 2 amide bonds. The molecule has 2 atom stereocenters. The third-order valence-electron chi connectivity index (χ3n) is 2.80. The number of nitrogens with zero attached hydrogens (tertiary/aromatic N) is 1. The number of hydrogen-bond donors (Lipinski definition) is 0. The Morgan fingerprint density at radius 3 is 2.73 bits per heavy atom. The van der Waals surface area contributed by atoms with Gasteiger partial charge in [0, 0.05) is 12.5 Å². The third kappa shape index (κ3) is 2.13. The Balaban J connectivity index is 2.03. The smallest absolute Gasteiger partial charge is 0.417 e. The van der Waals surface area contributed by atoms with E-state index in [1.165, 1.54) is 4.90 Å². The molecule has 84 valence electrons. The predicted molar refractivity (Wildman–Crippen MR) is 54.2 cm³/mol. The normalized spacial score (nSPS) is 29.8. The zero-order valence-corrected chi connectivity index (χ0v) is 9.45. The number of fused-ring (bicyclic) bond motifs is 1. The summed E-state index contributed by atoms with van der Waals surface area (Å²) in [5, 5.41) is 0. The van der Waals surface area contributed by atoms with Gasteiger partial charge in [0.2, 0.25) is 5.91 Å². The minimum absolute atomic E-state index is 0.0806. The van der Waals surface area contributed by atoms with Crippen molar-refractivity contribution in [2.45, 2.75) is 51.7 Å². The van der Waals surface area contributed by atoms with Crippen LogP contribution in [0.5, 0.6) is 0 Å². The molecule has 0 bridgehead atoms. The molecule has 1 saturated heterocycles. The van der Waals surface area contributed by atoms with Crippen LogP contribution in [0.25, 0.3) is 0 Å². The van der Waals surface area contributed by atoms with Crippen LogP contribution in [0.3, 0.4) is 0 Å². The maximum Gasteiger partial charge on any atom is 0.417 e. The highest BCUT2D eigenvalue weighted by Crippen LogP contribution is 2.43. The molecule has 1 aliphatic heterocycles. The number of hydrogen-bond acceptors (Lipinski definition) is 3. The summed E-state index contributed by atoms with van der Waals surface area (Å²) in [6.07, 6.45) is 1.91. The fourth-order valence-corrected chi connectivity index (χ4v) is 2.02. The maximum atomic E-state index is 11.7. The Labute approximate surface area is 89.6 Å². The second-order valence-electron chi connectivity index (χ2n) is 5.35. The van der Waals surface area contributed by atoms with Crippen molar-refractivity contribution in [1.29, 1.82) is 0 Å². The first kappa shape index (κ1) is 10.5. The lowest BCUT2D eigenvalue weighted by molar-refractivity contribution is -0.132. The lowest BCUT2D eigenvalue weighted by Crippen LogP contribution is -2.44. The van der Waals surface area contributed by atoms with E-state index in [0.717, 1.165) is 12.8 Å². The average molecular weight is 211 g/mol. The molecule has 0 aromatic rings. The maximum absolute atomic E-state index is 11.7. The minimum Gasteiger partial charge on any atom is -0.443 e. The van der Waals surface area contributed by atoms with Crippen LogP contribution in [0.15, 0.2) is 0 Å². The van der Waals surface area contributed by atoms with E-state index < -0.39 is 11.7 Å². The number of rotatable bonds is 0. The van der Waals surface area contributed by atoms with Crippen molar-refractivity contribution < 1.29 is 14.3 Å². The zero-order valence-electron chi connectivity index (χ0n) is 9.45. The molecule has 1 saturated carbocycles. The molecule has 4 heteroatoms. The quantitative estimate of drug-likeness (QED) is 0.615. The second kappa shape index (κ2) is 3.22. The lowest BCUT2D eigenvalue weighted by atomic mass is 10.1. The predicted octanol–water partition coefficient (Wildman–Crippen LogP) is 1.93. The van der Waals surface area contributed by atoms with Gasteiger partial charge in [-0.05, 0) is 39.5 Å². The molecule has 0 radical (unpaired) electrons. The highest BCUT2D eigenvalue weighted by atomic mass is 16.6. The van der Waals surface area contributed by atoms with E-state index in [2.05, 4.69) is 0 Å². The van der Waals surface area contributed by atoms with Gasteiger partial charge in [0.05, 0.1) is 0 Å². The molecule has 15 heavy (non-hydrogen) atoms. The molecule has 4 nitrogen and oxygen atoms in total. The summed E-state index contributed by atoms with van der Waals surface area (Å²) in [4.78, 5) is 24.6. The van der Waals surface area contributed by atoms with Crippen LogP contribution in [-0.4, -0.2) is 28.5 Å².